The van der Waals surface area contributed by atoms with Gasteiger partial charge in [0.2, 0.25) is 11.9 Å². The van der Waals surface area contributed by atoms with E-state index in [0.29, 0.717) is 69.7 Å². The summed E-state index contributed by atoms with van der Waals surface area (Å²) in [5.41, 5.74) is 2.99. The first-order valence-electron chi connectivity index (χ1n) is 13.9. The minimum atomic E-state index is -0.778. The summed E-state index contributed by atoms with van der Waals surface area (Å²) in [5, 5.41) is 36.1. The van der Waals surface area contributed by atoms with Crippen molar-refractivity contribution in [1.29, 1.82) is 10.5 Å². The summed E-state index contributed by atoms with van der Waals surface area (Å²) >= 11 is 0. The first kappa shape index (κ1) is 29.4. The number of fused-ring (bicyclic) bond motifs is 1. The van der Waals surface area contributed by atoms with Crippen molar-refractivity contribution in [2.75, 3.05) is 31.3 Å². The fourth-order valence-corrected chi connectivity index (χ4v) is 5.12. The Bertz CT molecular complexity index is 1800. The van der Waals surface area contributed by atoms with Crippen molar-refractivity contribution >= 4 is 28.2 Å². The number of nitrogens with zero attached hydrogens (tertiary/aromatic N) is 8. The van der Waals surface area contributed by atoms with Crippen molar-refractivity contribution in [3.05, 3.63) is 70.7 Å². The lowest BCUT2D eigenvalue weighted by Gasteiger charge is -2.23. The summed E-state index contributed by atoms with van der Waals surface area (Å²) in [4.78, 5) is 23.0. The summed E-state index contributed by atoms with van der Waals surface area (Å²) in [6.45, 7) is 8.53. The number of nitriles is 2. The molecule has 43 heavy (non-hydrogen) atoms. The minimum absolute atomic E-state index is 0.0580. The van der Waals surface area contributed by atoms with Crippen LogP contribution in [0.2, 0.25) is 0 Å². The second kappa shape index (κ2) is 11.0. The highest BCUT2D eigenvalue weighted by Gasteiger charge is 2.54. The second-order valence-electron chi connectivity index (χ2n) is 12.3. The monoisotopic (exact) mass is 580 g/mol. The lowest BCUT2D eigenvalue weighted by Crippen LogP contribution is -2.38. The molecule has 1 aromatic carbocycles. The Morgan fingerprint density at radius 2 is 1.91 bits per heavy atom. The van der Waals surface area contributed by atoms with Crippen molar-refractivity contribution in [3.63, 3.8) is 0 Å². The summed E-state index contributed by atoms with van der Waals surface area (Å²) in [5.74, 6) is -0.670. The Morgan fingerprint density at radius 1 is 1.19 bits per heavy atom. The largest absolute Gasteiger partial charge is 0.383 e. The molecular formula is C31H33FN10O. The molecule has 2 N–H and O–H groups in total. The number of hydrogen-bond acceptors (Lipinski definition) is 9. The molecule has 3 heterocycles. The van der Waals surface area contributed by atoms with Gasteiger partial charge in [0.15, 0.2) is 0 Å². The third-order valence-corrected chi connectivity index (χ3v) is 7.50. The van der Waals surface area contributed by atoms with Crippen LogP contribution in [0.1, 0.15) is 67.7 Å². The number of benzene rings is 1. The van der Waals surface area contributed by atoms with Gasteiger partial charge in [-0.1, -0.05) is 32.1 Å². The number of carbonyl (C=O) groups is 1. The van der Waals surface area contributed by atoms with Crippen molar-refractivity contribution < 1.29 is 9.18 Å². The van der Waals surface area contributed by atoms with Gasteiger partial charge in [-0.3, -0.25) is 9.78 Å². The molecule has 0 spiro atoms. The summed E-state index contributed by atoms with van der Waals surface area (Å²) < 4.78 is 15.6. The van der Waals surface area contributed by atoms with Crippen LogP contribution in [0.3, 0.4) is 0 Å². The molecule has 5 rings (SSSR count). The standard InChI is InChI=1S/C31H33FN10O/c1-18-22(7-8-25(32)37-18)28(24-16-42(40-39-24)31(9-10-31)29(43)41(5)6)38-21-11-19(13-33)26-23(12-21)27(20(14-34)15-35-26)36-17-30(2,3)4/h7-8,11-12,15-16,28,38H,9-10,17H2,1-6H3,(H,35,36). The molecule has 12 heteroatoms. The van der Waals surface area contributed by atoms with Crippen LogP contribution in [0.4, 0.5) is 15.8 Å². The predicted molar refractivity (Wildman–Crippen MR) is 159 cm³/mol. The number of aryl methyl sites for hydroxylation is 1. The molecule has 220 valence electrons. The van der Waals surface area contributed by atoms with E-state index in [9.17, 15) is 19.7 Å². The molecule has 1 atom stereocenters. The zero-order valence-electron chi connectivity index (χ0n) is 25.0. The molecule has 0 aliphatic heterocycles. The number of rotatable bonds is 8. The summed E-state index contributed by atoms with van der Waals surface area (Å²) in [6, 6.07) is 10.2. The maximum atomic E-state index is 14.0. The molecule has 4 aromatic rings. The predicted octanol–water partition coefficient (Wildman–Crippen LogP) is 4.65. The Morgan fingerprint density at radius 3 is 2.51 bits per heavy atom. The number of hydrogen-bond donors (Lipinski definition) is 2. The van der Waals surface area contributed by atoms with Gasteiger partial charge in [0, 0.05) is 49.2 Å². The van der Waals surface area contributed by atoms with Crippen LogP contribution in [-0.2, 0) is 10.3 Å². The van der Waals surface area contributed by atoms with Gasteiger partial charge in [-0.25, -0.2) is 9.67 Å². The van der Waals surface area contributed by atoms with Crippen LogP contribution in [-0.4, -0.2) is 56.4 Å². The molecule has 0 radical (unpaired) electrons. The molecule has 0 saturated heterocycles. The molecule has 3 aromatic heterocycles. The SMILES string of the molecule is Cc1nc(F)ccc1C(Nc1cc(C#N)c2ncc(C#N)c(NCC(C)(C)C)c2c1)c1cn(C2(C(=O)N(C)C)CC2)nn1. The number of halogens is 1. The van der Waals surface area contributed by atoms with Crippen molar-refractivity contribution in [1.82, 2.24) is 29.9 Å². The number of likely N-dealkylation sites (N-methyl/N-ethyl adjacent to an activating group) is 1. The van der Waals surface area contributed by atoms with Crippen molar-refractivity contribution in [3.8, 4) is 12.1 Å². The Balaban J connectivity index is 1.63. The topological polar surface area (TPSA) is 148 Å². The van der Waals surface area contributed by atoms with Crippen LogP contribution in [0.25, 0.3) is 10.9 Å². The van der Waals surface area contributed by atoms with E-state index in [-0.39, 0.29) is 11.3 Å². The van der Waals surface area contributed by atoms with Crippen LogP contribution >= 0.6 is 0 Å². The molecule has 11 nitrogen and oxygen atoms in total. The van der Waals surface area contributed by atoms with Gasteiger partial charge in [0.05, 0.1) is 34.6 Å². The summed E-state index contributed by atoms with van der Waals surface area (Å²) in [6.07, 6.45) is 4.50. The van der Waals surface area contributed by atoms with E-state index in [1.54, 1.807) is 48.9 Å². The number of amides is 1. The molecule has 1 fully saturated rings. The number of anilines is 2. The number of nitrogens with one attached hydrogen (secondary N) is 2. The maximum absolute atomic E-state index is 14.0. The van der Waals surface area contributed by atoms with E-state index in [4.69, 9.17) is 0 Å². The van der Waals surface area contributed by atoms with Crippen LogP contribution in [0, 0.1) is 40.9 Å². The molecule has 1 aliphatic carbocycles. The van der Waals surface area contributed by atoms with Crippen molar-refractivity contribution in [2.45, 2.75) is 52.1 Å². The maximum Gasteiger partial charge on any atom is 0.250 e. The Labute approximate surface area is 249 Å². The van der Waals surface area contributed by atoms with Crippen molar-refractivity contribution in [2.24, 2.45) is 5.41 Å². The van der Waals surface area contributed by atoms with Crippen LogP contribution in [0.15, 0.2) is 36.7 Å². The lowest BCUT2D eigenvalue weighted by atomic mass is 9.96. The number of carbonyl (C=O) groups excluding carboxylic acids is 1. The van der Waals surface area contributed by atoms with E-state index in [1.807, 2.05) is 6.07 Å². The van der Waals surface area contributed by atoms with Crippen LogP contribution in [0.5, 0.6) is 0 Å². The van der Waals surface area contributed by atoms with Gasteiger partial charge in [-0.15, -0.1) is 5.10 Å². The van der Waals surface area contributed by atoms with E-state index in [2.05, 4.69) is 63.8 Å². The zero-order valence-corrected chi connectivity index (χ0v) is 25.0. The highest BCUT2D eigenvalue weighted by atomic mass is 19.1. The van der Waals surface area contributed by atoms with Gasteiger partial charge in [-0.05, 0) is 43.4 Å². The van der Waals surface area contributed by atoms with E-state index in [0.717, 1.165) is 0 Å². The lowest BCUT2D eigenvalue weighted by molar-refractivity contribution is -0.134. The molecule has 1 unspecified atom stereocenters. The van der Waals surface area contributed by atoms with Crippen LogP contribution < -0.4 is 10.6 Å². The molecular weight excluding hydrogens is 547 g/mol. The molecule has 1 aliphatic rings. The Kier molecular flexibility index (Phi) is 7.49. The second-order valence-corrected chi connectivity index (χ2v) is 12.3. The normalized spacial score (nSPS) is 14.4. The zero-order chi connectivity index (χ0) is 31.1. The van der Waals surface area contributed by atoms with E-state index in [1.165, 1.54) is 12.3 Å². The smallest absolute Gasteiger partial charge is 0.250 e. The fraction of sp³-hybridized carbons (Fsp3) is 0.387. The number of aromatic nitrogens is 5. The van der Waals surface area contributed by atoms with Gasteiger partial charge < -0.3 is 15.5 Å². The van der Waals surface area contributed by atoms with Gasteiger partial charge in [0.1, 0.15) is 23.4 Å². The molecule has 0 bridgehead atoms. The van der Waals surface area contributed by atoms with Gasteiger partial charge in [-0.2, -0.15) is 14.9 Å². The highest BCUT2D eigenvalue weighted by molar-refractivity contribution is 5.99. The average molecular weight is 581 g/mol. The quantitative estimate of drug-likeness (QED) is 0.284. The third kappa shape index (κ3) is 5.69. The summed E-state index contributed by atoms with van der Waals surface area (Å²) in [7, 11) is 3.42. The highest BCUT2D eigenvalue weighted by Crippen LogP contribution is 2.45. The number of pyridine rings is 2. The molecule has 1 amide bonds. The van der Waals surface area contributed by atoms with Gasteiger partial charge in [0.25, 0.3) is 0 Å². The first-order valence-corrected chi connectivity index (χ1v) is 13.9. The van der Waals surface area contributed by atoms with Gasteiger partial charge >= 0.3 is 0 Å². The fourth-order valence-electron chi connectivity index (χ4n) is 5.12. The molecule has 1 saturated carbocycles. The van der Waals surface area contributed by atoms with E-state index < -0.39 is 17.5 Å². The first-order chi connectivity index (χ1) is 20.4. The minimum Gasteiger partial charge on any atom is -0.383 e. The van der Waals surface area contributed by atoms with E-state index >= 15 is 0 Å². The average Bonchev–Trinajstić information content (AvgIpc) is 3.62. The Hall–Kier alpha value is -5.10. The third-order valence-electron chi connectivity index (χ3n) is 7.50.